The summed E-state index contributed by atoms with van der Waals surface area (Å²) in [6, 6.07) is 2.64. The molecule has 0 spiro atoms. The van der Waals surface area contributed by atoms with Crippen LogP contribution in [0.15, 0.2) is 22.7 Å². The van der Waals surface area contributed by atoms with Crippen LogP contribution in [0.1, 0.15) is 23.7 Å². The Morgan fingerprint density at radius 2 is 2.18 bits per heavy atom. The van der Waals surface area contributed by atoms with Gasteiger partial charge in [0.1, 0.15) is 11.9 Å². The number of hydrogen-bond acceptors (Lipinski definition) is 2. The minimum atomic E-state index is -1.10. The van der Waals surface area contributed by atoms with E-state index < -0.39 is 23.7 Å². The Morgan fingerprint density at radius 1 is 1.53 bits per heavy atom. The second-order valence-corrected chi connectivity index (χ2v) is 4.25. The third-order valence-electron chi connectivity index (χ3n) is 2.19. The van der Waals surface area contributed by atoms with Crippen molar-refractivity contribution in [3.05, 3.63) is 34.1 Å². The average Bonchev–Trinajstić information content (AvgIpc) is 2.24. The van der Waals surface area contributed by atoms with Crippen LogP contribution in [0, 0.1) is 5.82 Å². The number of aliphatic carboxylic acids is 1. The quantitative estimate of drug-likeness (QED) is 0.896. The van der Waals surface area contributed by atoms with Crippen LogP contribution in [0.4, 0.5) is 4.39 Å². The van der Waals surface area contributed by atoms with E-state index in [4.69, 9.17) is 5.11 Å². The van der Waals surface area contributed by atoms with E-state index in [1.54, 1.807) is 6.92 Å². The summed E-state index contributed by atoms with van der Waals surface area (Å²) in [4.78, 5) is 22.5. The summed E-state index contributed by atoms with van der Waals surface area (Å²) in [5.74, 6) is -2.12. The van der Waals surface area contributed by atoms with E-state index in [-0.39, 0.29) is 16.5 Å². The molecular formula is C11H11BrFNO3. The van der Waals surface area contributed by atoms with Gasteiger partial charge in [0.05, 0.1) is 5.56 Å². The summed E-state index contributed by atoms with van der Waals surface area (Å²) < 4.78 is 13.1. The van der Waals surface area contributed by atoms with Gasteiger partial charge in [-0.05, 0) is 40.5 Å². The van der Waals surface area contributed by atoms with Crippen LogP contribution < -0.4 is 5.32 Å². The molecule has 0 aliphatic heterocycles. The molecule has 6 heteroatoms. The highest BCUT2D eigenvalue weighted by Crippen LogP contribution is 2.18. The first kappa shape index (κ1) is 13.6. The van der Waals surface area contributed by atoms with Gasteiger partial charge in [0, 0.05) is 4.47 Å². The number of nitrogens with one attached hydrogen (secondary N) is 1. The van der Waals surface area contributed by atoms with Crippen LogP contribution in [-0.2, 0) is 4.79 Å². The van der Waals surface area contributed by atoms with Gasteiger partial charge in [-0.25, -0.2) is 9.18 Å². The van der Waals surface area contributed by atoms with Gasteiger partial charge < -0.3 is 10.4 Å². The van der Waals surface area contributed by atoms with E-state index in [0.717, 1.165) is 12.1 Å². The number of hydrogen-bond donors (Lipinski definition) is 2. The van der Waals surface area contributed by atoms with Gasteiger partial charge in [-0.15, -0.1) is 0 Å². The van der Waals surface area contributed by atoms with Gasteiger partial charge in [0.25, 0.3) is 5.91 Å². The molecule has 0 saturated carbocycles. The topological polar surface area (TPSA) is 66.4 Å². The monoisotopic (exact) mass is 303 g/mol. The molecule has 92 valence electrons. The number of carboxylic acids is 1. The molecule has 1 rings (SSSR count). The van der Waals surface area contributed by atoms with Crippen LogP contribution in [0.5, 0.6) is 0 Å². The third kappa shape index (κ3) is 3.52. The van der Waals surface area contributed by atoms with Crippen LogP contribution in [0.25, 0.3) is 0 Å². The van der Waals surface area contributed by atoms with Gasteiger partial charge in [-0.1, -0.05) is 6.92 Å². The first-order chi connectivity index (χ1) is 7.95. The van der Waals surface area contributed by atoms with Crippen molar-refractivity contribution in [1.29, 1.82) is 0 Å². The number of carboxylic acid groups (broad SMARTS) is 1. The zero-order chi connectivity index (χ0) is 13.0. The van der Waals surface area contributed by atoms with Crippen LogP contribution in [-0.4, -0.2) is 23.0 Å². The predicted octanol–water partition coefficient (Wildman–Crippen LogP) is 2.18. The van der Waals surface area contributed by atoms with Crippen molar-refractivity contribution < 1.29 is 19.1 Å². The second-order valence-electron chi connectivity index (χ2n) is 3.40. The van der Waals surface area contributed by atoms with Crippen molar-refractivity contribution in [2.24, 2.45) is 0 Å². The van der Waals surface area contributed by atoms with Gasteiger partial charge in [0.15, 0.2) is 0 Å². The van der Waals surface area contributed by atoms with E-state index in [9.17, 15) is 14.0 Å². The first-order valence-electron chi connectivity index (χ1n) is 4.94. The average molecular weight is 304 g/mol. The molecule has 1 unspecified atom stereocenters. The second kappa shape index (κ2) is 5.77. The SMILES string of the molecule is CCC(NC(=O)c1ccc(F)cc1Br)C(=O)O. The Kier molecular flexibility index (Phi) is 4.62. The zero-order valence-electron chi connectivity index (χ0n) is 9.04. The highest BCUT2D eigenvalue weighted by molar-refractivity contribution is 9.10. The van der Waals surface area contributed by atoms with Gasteiger partial charge in [-0.2, -0.15) is 0 Å². The minimum Gasteiger partial charge on any atom is -0.480 e. The molecule has 0 radical (unpaired) electrons. The molecule has 1 amide bonds. The van der Waals surface area contributed by atoms with E-state index in [2.05, 4.69) is 21.2 Å². The lowest BCUT2D eigenvalue weighted by atomic mass is 10.1. The molecule has 2 N–H and O–H groups in total. The molecule has 1 atom stereocenters. The maximum atomic E-state index is 12.8. The fourth-order valence-electron chi connectivity index (χ4n) is 1.25. The molecule has 0 bridgehead atoms. The number of amides is 1. The van der Waals surface area contributed by atoms with E-state index in [0.29, 0.717) is 0 Å². The summed E-state index contributed by atoms with van der Waals surface area (Å²) in [6.07, 6.45) is 0.278. The Morgan fingerprint density at radius 3 is 2.65 bits per heavy atom. The van der Waals surface area contributed by atoms with Gasteiger partial charge in [0.2, 0.25) is 0 Å². The van der Waals surface area contributed by atoms with Crippen molar-refractivity contribution in [3.8, 4) is 0 Å². The van der Waals surface area contributed by atoms with Gasteiger partial charge in [-0.3, -0.25) is 4.79 Å². The van der Waals surface area contributed by atoms with Gasteiger partial charge >= 0.3 is 5.97 Å². The molecule has 0 heterocycles. The lowest BCUT2D eigenvalue weighted by molar-refractivity contribution is -0.139. The molecule has 4 nitrogen and oxygen atoms in total. The van der Waals surface area contributed by atoms with Crippen LogP contribution in [0.2, 0.25) is 0 Å². The Bertz CT molecular complexity index is 450. The van der Waals surface area contributed by atoms with E-state index in [1.807, 2.05) is 0 Å². The highest BCUT2D eigenvalue weighted by atomic mass is 79.9. The number of carbonyl (C=O) groups is 2. The molecule has 0 fully saturated rings. The molecule has 17 heavy (non-hydrogen) atoms. The van der Waals surface area contributed by atoms with Crippen LogP contribution in [0.3, 0.4) is 0 Å². The van der Waals surface area contributed by atoms with Crippen molar-refractivity contribution in [1.82, 2.24) is 5.32 Å². The van der Waals surface area contributed by atoms with Crippen molar-refractivity contribution in [2.45, 2.75) is 19.4 Å². The zero-order valence-corrected chi connectivity index (χ0v) is 10.6. The lowest BCUT2D eigenvalue weighted by Gasteiger charge is -2.12. The predicted molar refractivity (Wildman–Crippen MR) is 63.3 cm³/mol. The summed E-state index contributed by atoms with van der Waals surface area (Å²) in [6.45, 7) is 1.65. The molecular weight excluding hydrogens is 293 g/mol. The minimum absolute atomic E-state index is 0.200. The summed E-state index contributed by atoms with van der Waals surface area (Å²) in [5, 5.41) is 11.1. The summed E-state index contributed by atoms with van der Waals surface area (Å²) >= 11 is 3.05. The lowest BCUT2D eigenvalue weighted by Crippen LogP contribution is -2.40. The third-order valence-corrected chi connectivity index (χ3v) is 2.84. The smallest absolute Gasteiger partial charge is 0.326 e. The Balaban J connectivity index is 2.86. The fourth-order valence-corrected chi connectivity index (χ4v) is 1.78. The summed E-state index contributed by atoms with van der Waals surface area (Å²) in [7, 11) is 0. The molecule has 0 saturated heterocycles. The maximum Gasteiger partial charge on any atom is 0.326 e. The first-order valence-corrected chi connectivity index (χ1v) is 5.73. The molecule has 1 aromatic rings. The number of benzene rings is 1. The standard InChI is InChI=1S/C11H11BrFNO3/c1-2-9(11(16)17)14-10(15)7-4-3-6(13)5-8(7)12/h3-5,9H,2H2,1H3,(H,14,15)(H,16,17). The number of rotatable bonds is 4. The fraction of sp³-hybridized carbons (Fsp3) is 0.273. The Labute approximate surface area is 106 Å². The summed E-state index contributed by atoms with van der Waals surface area (Å²) in [5.41, 5.74) is 0.200. The van der Waals surface area contributed by atoms with Crippen molar-refractivity contribution in [3.63, 3.8) is 0 Å². The molecule has 1 aromatic carbocycles. The van der Waals surface area contributed by atoms with E-state index in [1.165, 1.54) is 6.07 Å². The molecule has 0 aromatic heterocycles. The number of halogens is 2. The van der Waals surface area contributed by atoms with Crippen molar-refractivity contribution >= 4 is 27.8 Å². The van der Waals surface area contributed by atoms with E-state index >= 15 is 0 Å². The largest absolute Gasteiger partial charge is 0.480 e. The van der Waals surface area contributed by atoms with Crippen LogP contribution >= 0.6 is 15.9 Å². The Hall–Kier alpha value is -1.43. The number of carbonyl (C=O) groups excluding carboxylic acids is 1. The highest BCUT2D eigenvalue weighted by Gasteiger charge is 2.19. The molecule has 0 aliphatic carbocycles. The van der Waals surface area contributed by atoms with Crippen molar-refractivity contribution in [2.75, 3.05) is 0 Å². The maximum absolute atomic E-state index is 12.8. The molecule has 0 aliphatic rings. The normalized spacial score (nSPS) is 11.9.